The van der Waals surface area contributed by atoms with Gasteiger partial charge in [-0.2, -0.15) is 0 Å². The van der Waals surface area contributed by atoms with E-state index in [9.17, 15) is 0 Å². The first-order valence-corrected chi connectivity index (χ1v) is 5.00. The molecule has 0 aliphatic rings. The van der Waals surface area contributed by atoms with Gasteiger partial charge >= 0.3 is 7.75 Å². The van der Waals surface area contributed by atoms with Gasteiger partial charge in [0, 0.05) is 0 Å². The molecule has 0 amide bonds. The zero-order chi connectivity index (χ0) is 10.4. The second kappa shape index (κ2) is 5.64. The van der Waals surface area contributed by atoms with Crippen molar-refractivity contribution in [1.82, 2.24) is 0 Å². The van der Waals surface area contributed by atoms with Crippen LogP contribution in [0.25, 0.3) is 0 Å². The fourth-order valence-electron chi connectivity index (χ4n) is 0.300. The Morgan fingerprint density at radius 1 is 1.33 bits per heavy atom. The van der Waals surface area contributed by atoms with Crippen LogP contribution in [-0.2, 0) is 4.57 Å². The second-order valence-electron chi connectivity index (χ2n) is 3.33. The quantitative estimate of drug-likeness (QED) is 0.329. The molecule has 0 rings (SSSR count). The summed E-state index contributed by atoms with van der Waals surface area (Å²) in [4.78, 5) is 14.8. The number of quaternary nitrogens is 1. The minimum absolute atomic E-state index is 0.281. The lowest BCUT2D eigenvalue weighted by Crippen LogP contribution is -2.36. The highest BCUT2D eigenvalue weighted by Crippen LogP contribution is 2.20. The molecule has 0 unspecified atom stereocenters. The predicted octanol–water partition coefficient (Wildman–Crippen LogP) is -1.28. The number of aliphatic hydroxyl groups is 1. The predicted molar refractivity (Wildman–Crippen MR) is 46.2 cm³/mol. The van der Waals surface area contributed by atoms with Gasteiger partial charge in [-0.15, -0.1) is 0 Å². The molecule has 0 bridgehead atoms. The van der Waals surface area contributed by atoms with Gasteiger partial charge in [0.1, 0.15) is 6.54 Å². The average molecular weight is 201 g/mol. The molecule has 0 heterocycles. The normalized spacial score (nSPS) is 11.9. The molecule has 0 saturated heterocycles. The Bertz CT molecular complexity index is 142. The van der Waals surface area contributed by atoms with E-state index in [4.69, 9.17) is 19.5 Å². The maximum atomic E-state index is 9.10. The number of hydrogen-bond donors (Lipinski definition) is 4. The van der Waals surface area contributed by atoms with Crippen LogP contribution >= 0.6 is 7.75 Å². The Morgan fingerprint density at radius 2 is 1.58 bits per heavy atom. The van der Waals surface area contributed by atoms with Crippen LogP contribution < -0.4 is 5.50 Å². The van der Waals surface area contributed by atoms with E-state index in [-0.39, 0.29) is 6.61 Å². The fraction of sp³-hybridized carbons (Fsp3) is 1.00. The number of hydrogen-bond acceptors (Lipinski definition) is 2. The van der Waals surface area contributed by atoms with Crippen LogP contribution in [0.15, 0.2) is 0 Å². The third kappa shape index (κ3) is 50.4. The Hall–Kier alpha value is 0.0300. The van der Waals surface area contributed by atoms with Crippen molar-refractivity contribution in [2.24, 2.45) is 5.50 Å². The van der Waals surface area contributed by atoms with Gasteiger partial charge in [-0.25, -0.2) is 10.1 Å². The molecule has 0 spiro atoms. The first kappa shape index (κ1) is 14.5. The van der Waals surface area contributed by atoms with Crippen molar-refractivity contribution in [3.05, 3.63) is 0 Å². The van der Waals surface area contributed by atoms with Crippen molar-refractivity contribution >= 4 is 7.75 Å². The number of nitrogens with two attached hydrogens (primary N) is 1. The van der Waals surface area contributed by atoms with E-state index < -0.39 is 7.75 Å². The summed E-state index contributed by atoms with van der Waals surface area (Å²) in [6.07, 6.45) is 0. The molecule has 0 atom stereocenters. The first-order valence-electron chi connectivity index (χ1n) is 3.31. The van der Waals surface area contributed by atoms with Crippen molar-refractivity contribution in [3.8, 4) is 0 Å². The van der Waals surface area contributed by atoms with E-state index in [1.54, 1.807) is 0 Å². The van der Waals surface area contributed by atoms with Crippen molar-refractivity contribution < 1.29 is 23.9 Å². The molecule has 76 valence electrons. The zero-order valence-electron chi connectivity index (χ0n) is 7.64. The summed E-state index contributed by atoms with van der Waals surface area (Å²) in [7, 11) is 2.02. The summed E-state index contributed by atoms with van der Waals surface area (Å²) < 4.78 is 9.95. The zero-order valence-corrected chi connectivity index (χ0v) is 8.53. The first-order chi connectivity index (χ1) is 5.06. The lowest BCUT2D eigenvalue weighted by molar-refractivity contribution is -0.870. The Kier molecular flexibility index (Phi) is 6.83. The lowest BCUT2D eigenvalue weighted by Gasteiger charge is -2.21. The molecule has 0 aromatic rings. The summed E-state index contributed by atoms with van der Waals surface area (Å²) in [6, 6.07) is 0. The fourth-order valence-corrected chi connectivity index (χ4v) is 0.300. The van der Waals surface area contributed by atoms with Gasteiger partial charge in [0.05, 0.1) is 27.7 Å². The number of rotatable bonds is 2. The van der Waals surface area contributed by atoms with E-state index in [0.717, 1.165) is 11.0 Å². The van der Waals surface area contributed by atoms with E-state index in [1.807, 2.05) is 0 Å². The smallest absolute Gasteiger partial charge is 0.391 e. The van der Waals surface area contributed by atoms with Crippen molar-refractivity contribution in [2.75, 3.05) is 34.3 Å². The van der Waals surface area contributed by atoms with Crippen LogP contribution in [-0.4, -0.2) is 53.7 Å². The molecule has 0 saturated carbocycles. The van der Waals surface area contributed by atoms with E-state index >= 15 is 0 Å². The summed E-state index contributed by atoms with van der Waals surface area (Å²) in [5, 5.41) is 8.39. The largest absolute Gasteiger partial charge is 0.397 e. The van der Waals surface area contributed by atoms with Gasteiger partial charge in [-0.05, 0) is 0 Å². The number of nitrogens with zero attached hydrogens (tertiary/aromatic N) is 1. The molecule has 6 nitrogen and oxygen atoms in total. The van der Waals surface area contributed by atoms with Crippen LogP contribution in [0.5, 0.6) is 0 Å². The van der Waals surface area contributed by atoms with Gasteiger partial charge in [0.2, 0.25) is 0 Å². The minimum Gasteiger partial charge on any atom is -0.391 e. The standard InChI is InChI=1S/C5H14NO.H4NO3P/c1-6(2,3)4-5-7;1-5(2,3)4/h7H,4-5H2,1-3H3;(H4,1,2,3,4)/q+1;. The van der Waals surface area contributed by atoms with Crippen LogP contribution in [0.3, 0.4) is 0 Å². The molecule has 7 heteroatoms. The topological polar surface area (TPSA) is 104 Å². The second-order valence-corrected chi connectivity index (χ2v) is 4.50. The molecular weight excluding hydrogens is 183 g/mol. The molecule has 12 heavy (non-hydrogen) atoms. The highest BCUT2D eigenvalue weighted by atomic mass is 31.2. The maximum Gasteiger partial charge on any atom is 0.397 e. The van der Waals surface area contributed by atoms with E-state index in [0.29, 0.717) is 0 Å². The third-order valence-electron chi connectivity index (χ3n) is 0.771. The van der Waals surface area contributed by atoms with Crippen molar-refractivity contribution in [2.45, 2.75) is 0 Å². The number of likely N-dealkylation sites (N-methyl/N-ethyl adjacent to an activating group) is 1. The maximum absolute atomic E-state index is 9.10. The molecule has 0 fully saturated rings. The van der Waals surface area contributed by atoms with Gasteiger partial charge in [-0.1, -0.05) is 0 Å². The minimum atomic E-state index is -4.14. The lowest BCUT2D eigenvalue weighted by atomic mass is 10.5. The van der Waals surface area contributed by atoms with Gasteiger partial charge in [0.25, 0.3) is 0 Å². The Labute approximate surface area is 72.4 Å². The monoisotopic (exact) mass is 201 g/mol. The Balaban J connectivity index is 0. The molecular formula is C5H18N2O4P+. The summed E-state index contributed by atoms with van der Waals surface area (Å²) in [5.74, 6) is 0. The van der Waals surface area contributed by atoms with Gasteiger partial charge in [0.15, 0.2) is 0 Å². The Morgan fingerprint density at radius 3 is 1.58 bits per heavy atom. The SMILES string of the molecule is C[N+](C)(C)CCO.NP(=O)(O)O. The highest BCUT2D eigenvalue weighted by Gasteiger charge is 2.02. The molecule has 0 aliphatic carbocycles. The average Bonchev–Trinajstić information content (AvgIpc) is 1.54. The summed E-state index contributed by atoms with van der Waals surface area (Å²) >= 11 is 0. The van der Waals surface area contributed by atoms with Gasteiger partial charge < -0.3 is 19.4 Å². The summed E-state index contributed by atoms with van der Waals surface area (Å²) in [5.41, 5.74) is 4.02. The summed E-state index contributed by atoms with van der Waals surface area (Å²) in [6.45, 7) is 1.11. The molecule has 0 aromatic heterocycles. The van der Waals surface area contributed by atoms with Crippen LogP contribution in [0.1, 0.15) is 0 Å². The van der Waals surface area contributed by atoms with Gasteiger partial charge in [-0.3, -0.25) is 0 Å². The van der Waals surface area contributed by atoms with E-state index in [2.05, 4.69) is 26.6 Å². The highest BCUT2D eigenvalue weighted by molar-refractivity contribution is 7.49. The molecule has 0 radical (unpaired) electrons. The number of aliphatic hydroxyl groups excluding tert-OH is 1. The van der Waals surface area contributed by atoms with Crippen LogP contribution in [0.2, 0.25) is 0 Å². The van der Waals surface area contributed by atoms with Crippen molar-refractivity contribution in [3.63, 3.8) is 0 Å². The molecule has 0 aliphatic heterocycles. The third-order valence-corrected chi connectivity index (χ3v) is 0.771. The van der Waals surface area contributed by atoms with E-state index in [1.165, 1.54) is 0 Å². The van der Waals surface area contributed by atoms with Crippen LogP contribution in [0, 0.1) is 0 Å². The molecule has 5 N–H and O–H groups in total. The molecule has 0 aromatic carbocycles. The van der Waals surface area contributed by atoms with Crippen LogP contribution in [0.4, 0.5) is 0 Å². The van der Waals surface area contributed by atoms with Crippen molar-refractivity contribution in [1.29, 1.82) is 0 Å².